The van der Waals surface area contributed by atoms with Gasteiger partial charge in [0, 0.05) is 18.0 Å². The number of pyridine rings is 1. The molecular formula is C23H26N6O3S. The van der Waals surface area contributed by atoms with Crippen LogP contribution in [-0.2, 0) is 20.9 Å². The summed E-state index contributed by atoms with van der Waals surface area (Å²) in [5.41, 5.74) is 7.27. The fourth-order valence-corrected chi connectivity index (χ4v) is 4.03. The van der Waals surface area contributed by atoms with Crippen molar-refractivity contribution in [3.05, 3.63) is 48.3 Å². The van der Waals surface area contributed by atoms with Gasteiger partial charge in [0.25, 0.3) is 10.1 Å². The van der Waals surface area contributed by atoms with Gasteiger partial charge in [0.1, 0.15) is 11.3 Å². The smallest absolute Gasteiger partial charge is 0.285 e. The lowest BCUT2D eigenvalue weighted by atomic mass is 10.1. The quantitative estimate of drug-likeness (QED) is 0.372. The molecule has 0 spiro atoms. The molecule has 172 valence electrons. The summed E-state index contributed by atoms with van der Waals surface area (Å²) in [6.07, 6.45) is 3.26. The number of H-pyrrole nitrogens is 1. The highest BCUT2D eigenvalue weighted by Gasteiger charge is 2.29. The van der Waals surface area contributed by atoms with Gasteiger partial charge in [-0.25, -0.2) is 20.4 Å². The Labute approximate surface area is 192 Å². The number of nitrogens with one attached hydrogen (secondary N) is 2. The highest BCUT2D eigenvalue weighted by atomic mass is 32.2. The number of benzene rings is 1. The molecule has 0 amide bonds. The number of nitrogens with zero attached hydrogens (tertiary/aromatic N) is 4. The summed E-state index contributed by atoms with van der Waals surface area (Å²) >= 11 is 0. The van der Waals surface area contributed by atoms with E-state index in [1.54, 1.807) is 0 Å². The molecule has 5 rings (SSSR count). The monoisotopic (exact) mass is 466 g/mol. The van der Waals surface area contributed by atoms with Gasteiger partial charge in [-0.05, 0) is 30.9 Å². The number of aromatic amines is 1. The lowest BCUT2D eigenvalue weighted by Gasteiger charge is -2.12. The first-order chi connectivity index (χ1) is 15.8. The SMILES string of the molecule is CC(C)Cn1c(NOS(C)(=O)=O)nc2ccc(-c3[nH]c(C4CC4)nc3-c3ccccc3)nc21. The fourth-order valence-electron chi connectivity index (χ4n) is 3.80. The molecule has 10 heteroatoms. The molecule has 0 unspecified atom stereocenters. The minimum Gasteiger partial charge on any atom is -0.340 e. The van der Waals surface area contributed by atoms with Crippen molar-refractivity contribution in [2.24, 2.45) is 5.92 Å². The predicted molar refractivity (Wildman–Crippen MR) is 127 cm³/mol. The predicted octanol–water partition coefficient (Wildman–Crippen LogP) is 4.32. The van der Waals surface area contributed by atoms with Crippen LogP contribution in [0.4, 0.5) is 5.95 Å². The molecule has 9 nitrogen and oxygen atoms in total. The van der Waals surface area contributed by atoms with Crippen molar-refractivity contribution in [3.8, 4) is 22.6 Å². The number of imidazole rings is 2. The minimum atomic E-state index is -3.69. The van der Waals surface area contributed by atoms with Crippen LogP contribution >= 0.6 is 0 Å². The number of anilines is 1. The number of aromatic nitrogens is 5. The summed E-state index contributed by atoms with van der Waals surface area (Å²) in [5, 5.41) is 0. The van der Waals surface area contributed by atoms with E-state index in [0.29, 0.717) is 29.6 Å². The Morgan fingerprint density at radius 2 is 1.88 bits per heavy atom. The standard InChI is InChI=1S/C23H26N6O3S/c1-14(2)13-29-22-18(25-23(29)28-32-33(3,30)31)12-11-17(24-22)20-19(15-7-5-4-6-8-15)26-21(27-20)16-9-10-16/h4-8,11-12,14,16H,9-10,13H2,1-3H3,(H,25,28)(H,26,27). The van der Waals surface area contributed by atoms with Gasteiger partial charge in [0.2, 0.25) is 5.95 Å². The maximum Gasteiger partial charge on any atom is 0.285 e. The van der Waals surface area contributed by atoms with Gasteiger partial charge in [-0.15, -0.1) is 4.28 Å². The Bertz CT molecular complexity index is 1410. The van der Waals surface area contributed by atoms with Gasteiger partial charge in [-0.1, -0.05) is 44.2 Å². The third kappa shape index (κ3) is 4.62. The van der Waals surface area contributed by atoms with Gasteiger partial charge >= 0.3 is 0 Å². The zero-order chi connectivity index (χ0) is 23.2. The summed E-state index contributed by atoms with van der Waals surface area (Å²) in [6.45, 7) is 4.73. The summed E-state index contributed by atoms with van der Waals surface area (Å²) in [7, 11) is -3.69. The van der Waals surface area contributed by atoms with Crippen LogP contribution in [0.2, 0.25) is 0 Å². The van der Waals surface area contributed by atoms with Gasteiger partial charge in [0.05, 0.1) is 23.3 Å². The van der Waals surface area contributed by atoms with E-state index in [0.717, 1.165) is 47.6 Å². The molecule has 2 N–H and O–H groups in total. The number of fused-ring (bicyclic) bond motifs is 1. The molecule has 0 radical (unpaired) electrons. The molecule has 33 heavy (non-hydrogen) atoms. The van der Waals surface area contributed by atoms with Crippen molar-refractivity contribution >= 4 is 27.2 Å². The lowest BCUT2D eigenvalue weighted by Crippen LogP contribution is -2.15. The number of rotatable bonds is 8. The first kappa shape index (κ1) is 21.6. The zero-order valence-corrected chi connectivity index (χ0v) is 19.6. The molecular weight excluding hydrogens is 440 g/mol. The third-order valence-electron chi connectivity index (χ3n) is 5.41. The molecule has 1 saturated carbocycles. The zero-order valence-electron chi connectivity index (χ0n) is 18.7. The molecule has 3 aromatic heterocycles. The molecule has 1 aliphatic rings. The maximum atomic E-state index is 11.5. The minimum absolute atomic E-state index is 0.278. The highest BCUT2D eigenvalue weighted by Crippen LogP contribution is 2.41. The van der Waals surface area contributed by atoms with E-state index in [1.165, 1.54) is 0 Å². The van der Waals surface area contributed by atoms with Crippen molar-refractivity contribution in [2.45, 2.75) is 39.2 Å². The van der Waals surface area contributed by atoms with Crippen molar-refractivity contribution in [1.29, 1.82) is 0 Å². The highest BCUT2D eigenvalue weighted by molar-refractivity contribution is 7.86. The van der Waals surface area contributed by atoms with Crippen LogP contribution in [0.1, 0.15) is 38.4 Å². The van der Waals surface area contributed by atoms with Crippen LogP contribution in [0, 0.1) is 5.92 Å². The average Bonchev–Trinajstić information content (AvgIpc) is 3.44. The van der Waals surface area contributed by atoms with E-state index < -0.39 is 10.1 Å². The van der Waals surface area contributed by atoms with E-state index in [4.69, 9.17) is 14.3 Å². The Kier molecular flexibility index (Phi) is 5.41. The molecule has 0 atom stereocenters. The van der Waals surface area contributed by atoms with Gasteiger partial charge < -0.3 is 4.98 Å². The van der Waals surface area contributed by atoms with E-state index >= 15 is 0 Å². The van der Waals surface area contributed by atoms with Crippen LogP contribution in [0.5, 0.6) is 0 Å². The van der Waals surface area contributed by atoms with Crippen molar-refractivity contribution in [1.82, 2.24) is 24.5 Å². The normalized spacial score (nSPS) is 14.3. The fraction of sp³-hybridized carbons (Fsp3) is 0.348. The van der Waals surface area contributed by atoms with E-state index in [-0.39, 0.29) is 5.92 Å². The van der Waals surface area contributed by atoms with Crippen LogP contribution in [0.25, 0.3) is 33.8 Å². The number of hydrogen-bond donors (Lipinski definition) is 2. The van der Waals surface area contributed by atoms with Gasteiger partial charge in [0.15, 0.2) is 5.65 Å². The second-order valence-electron chi connectivity index (χ2n) is 8.85. The molecule has 4 aromatic rings. The first-order valence-corrected chi connectivity index (χ1v) is 12.8. The lowest BCUT2D eigenvalue weighted by molar-refractivity contribution is 0.385. The summed E-state index contributed by atoms with van der Waals surface area (Å²) < 4.78 is 29.6. The van der Waals surface area contributed by atoms with Crippen molar-refractivity contribution in [3.63, 3.8) is 0 Å². The molecule has 1 aromatic carbocycles. The average molecular weight is 467 g/mol. The Morgan fingerprint density at radius 1 is 1.12 bits per heavy atom. The molecule has 0 saturated heterocycles. The van der Waals surface area contributed by atoms with E-state index in [2.05, 4.69) is 29.3 Å². The Morgan fingerprint density at radius 3 is 2.55 bits per heavy atom. The Balaban J connectivity index is 1.62. The molecule has 0 aliphatic heterocycles. The topological polar surface area (TPSA) is 115 Å². The maximum absolute atomic E-state index is 11.5. The van der Waals surface area contributed by atoms with Crippen molar-refractivity contribution in [2.75, 3.05) is 11.7 Å². The molecule has 1 aliphatic carbocycles. The summed E-state index contributed by atoms with van der Waals surface area (Å²) in [4.78, 5) is 17.9. The molecule has 3 heterocycles. The summed E-state index contributed by atoms with van der Waals surface area (Å²) in [5.74, 6) is 2.03. The van der Waals surface area contributed by atoms with E-state index in [1.807, 2.05) is 47.0 Å². The Hall–Kier alpha value is -3.24. The molecule has 0 bridgehead atoms. The second-order valence-corrected chi connectivity index (χ2v) is 10.4. The first-order valence-electron chi connectivity index (χ1n) is 11.0. The number of hydrogen-bond acceptors (Lipinski definition) is 7. The van der Waals surface area contributed by atoms with Gasteiger partial charge in [-0.2, -0.15) is 8.42 Å². The van der Waals surface area contributed by atoms with Crippen molar-refractivity contribution < 1.29 is 12.7 Å². The van der Waals surface area contributed by atoms with Crippen LogP contribution in [0.3, 0.4) is 0 Å². The molecule has 1 fully saturated rings. The third-order valence-corrected chi connectivity index (χ3v) is 5.80. The van der Waals surface area contributed by atoms with E-state index in [9.17, 15) is 8.42 Å². The second kappa shape index (κ2) is 8.27. The van der Waals surface area contributed by atoms with Crippen LogP contribution in [-0.4, -0.2) is 39.2 Å². The summed E-state index contributed by atoms with van der Waals surface area (Å²) in [6, 6.07) is 13.9. The van der Waals surface area contributed by atoms with Gasteiger partial charge in [-0.3, -0.25) is 4.57 Å². The van der Waals surface area contributed by atoms with Crippen LogP contribution < -0.4 is 5.48 Å². The van der Waals surface area contributed by atoms with Crippen LogP contribution in [0.15, 0.2) is 42.5 Å². The largest absolute Gasteiger partial charge is 0.340 e.